The maximum Gasteiger partial charge on any atom is 0.394 e. The van der Waals surface area contributed by atoms with Crippen molar-refractivity contribution < 1.29 is 37.3 Å². The molecule has 0 unspecified atom stereocenters. The van der Waals surface area contributed by atoms with Crippen LogP contribution in [0.15, 0.2) is 36.4 Å². The molecular formula is C24H33Cl2N3O8S. The van der Waals surface area contributed by atoms with E-state index in [1.807, 2.05) is 12.1 Å². The van der Waals surface area contributed by atoms with Gasteiger partial charge in [-0.2, -0.15) is 8.42 Å². The summed E-state index contributed by atoms with van der Waals surface area (Å²) >= 11 is 11.9. The fourth-order valence-corrected chi connectivity index (χ4v) is 4.03. The smallest absolute Gasteiger partial charge is 0.394 e. The second-order valence-corrected chi connectivity index (χ2v) is 11.0. The SMILES string of the molecule is CC(=O)Nc1cc(Cl)c(O)cc1OC[C@@](C)(O)CNC1CCN(Cc2ccc(Cl)cc2)CC1.O=S(=O)(O)O. The van der Waals surface area contributed by atoms with Gasteiger partial charge in [-0.25, -0.2) is 0 Å². The minimum Gasteiger partial charge on any atom is -0.506 e. The number of anilines is 1. The molecule has 3 rings (SSSR count). The van der Waals surface area contributed by atoms with E-state index in [0.29, 0.717) is 18.3 Å². The van der Waals surface area contributed by atoms with Gasteiger partial charge in [0.25, 0.3) is 0 Å². The lowest BCUT2D eigenvalue weighted by atomic mass is 10.0. The fraction of sp³-hybridized carbons (Fsp3) is 0.458. The predicted molar refractivity (Wildman–Crippen MR) is 145 cm³/mol. The molecule has 6 N–H and O–H groups in total. The largest absolute Gasteiger partial charge is 0.506 e. The minimum absolute atomic E-state index is 0.0247. The van der Waals surface area contributed by atoms with Crippen LogP contribution in [0.4, 0.5) is 5.69 Å². The zero-order valence-corrected chi connectivity index (χ0v) is 23.4. The summed E-state index contributed by atoms with van der Waals surface area (Å²) in [5.41, 5.74) is 0.434. The van der Waals surface area contributed by atoms with Crippen molar-refractivity contribution >= 4 is 45.2 Å². The van der Waals surface area contributed by atoms with E-state index in [2.05, 4.69) is 27.7 Å². The van der Waals surface area contributed by atoms with Crippen molar-refractivity contribution in [1.29, 1.82) is 0 Å². The quantitative estimate of drug-likeness (QED) is 0.187. The van der Waals surface area contributed by atoms with Gasteiger partial charge < -0.3 is 25.6 Å². The second kappa shape index (κ2) is 14.3. The number of aromatic hydroxyl groups is 1. The molecule has 1 heterocycles. The van der Waals surface area contributed by atoms with Crippen LogP contribution in [0.5, 0.6) is 11.5 Å². The number of nitrogens with zero attached hydrogens (tertiary/aromatic N) is 1. The average molecular weight is 595 g/mol. The van der Waals surface area contributed by atoms with Crippen molar-refractivity contribution in [3.63, 3.8) is 0 Å². The van der Waals surface area contributed by atoms with Gasteiger partial charge in [0.05, 0.1) is 10.7 Å². The Morgan fingerprint density at radius 3 is 2.29 bits per heavy atom. The molecular weight excluding hydrogens is 561 g/mol. The zero-order valence-electron chi connectivity index (χ0n) is 21.0. The molecule has 0 radical (unpaired) electrons. The molecule has 14 heteroatoms. The third kappa shape index (κ3) is 12.6. The van der Waals surface area contributed by atoms with Crippen molar-refractivity contribution in [2.24, 2.45) is 0 Å². The summed E-state index contributed by atoms with van der Waals surface area (Å²) in [5.74, 6) is -0.218. The molecule has 1 saturated heterocycles. The monoisotopic (exact) mass is 593 g/mol. The summed E-state index contributed by atoms with van der Waals surface area (Å²) in [6, 6.07) is 11.0. The highest BCUT2D eigenvalue weighted by molar-refractivity contribution is 7.79. The first kappa shape index (κ1) is 32.1. The first-order chi connectivity index (χ1) is 17.6. The van der Waals surface area contributed by atoms with E-state index in [0.717, 1.165) is 37.5 Å². The molecule has 1 amide bonds. The molecule has 2 aromatic carbocycles. The lowest BCUT2D eigenvalue weighted by Crippen LogP contribution is -2.49. The number of carbonyl (C=O) groups excluding carboxylic acids is 1. The summed E-state index contributed by atoms with van der Waals surface area (Å²) in [6.07, 6.45) is 1.98. The number of amides is 1. The third-order valence-corrected chi connectivity index (χ3v) is 6.13. The standard InChI is InChI=1S/C24H31Cl2N3O4.H2O4S/c1-16(30)28-21-11-20(26)22(31)12-23(21)33-15-24(2,32)14-27-19-7-9-29(10-8-19)13-17-3-5-18(25)6-4-17;1-5(2,3)4/h3-6,11-12,19,27,31-32H,7-10,13-15H2,1-2H3,(H,28,30);(H2,1,2,3,4)/t24-;/m0./s1. The minimum atomic E-state index is -4.67. The lowest BCUT2D eigenvalue weighted by molar-refractivity contribution is -0.114. The maximum absolute atomic E-state index is 11.4. The number of nitrogens with one attached hydrogen (secondary N) is 2. The van der Waals surface area contributed by atoms with Crippen LogP contribution in [0.25, 0.3) is 0 Å². The lowest BCUT2D eigenvalue weighted by Gasteiger charge is -2.34. The Kier molecular flexibility index (Phi) is 12.1. The molecule has 38 heavy (non-hydrogen) atoms. The maximum atomic E-state index is 11.4. The number of aliphatic hydroxyl groups is 1. The van der Waals surface area contributed by atoms with E-state index in [4.69, 9.17) is 45.5 Å². The number of halogens is 2. The van der Waals surface area contributed by atoms with Crippen LogP contribution in [0, 0.1) is 0 Å². The van der Waals surface area contributed by atoms with Gasteiger partial charge in [-0.3, -0.25) is 18.8 Å². The molecule has 1 atom stereocenters. The number of rotatable bonds is 9. The summed E-state index contributed by atoms with van der Waals surface area (Å²) in [4.78, 5) is 13.9. The Balaban J connectivity index is 0.000000926. The molecule has 0 saturated carbocycles. The van der Waals surface area contributed by atoms with Crippen molar-refractivity contribution in [3.05, 3.63) is 52.0 Å². The molecule has 0 bridgehead atoms. The van der Waals surface area contributed by atoms with Crippen LogP contribution in [0.1, 0.15) is 32.3 Å². The summed E-state index contributed by atoms with van der Waals surface area (Å²) in [5, 5.41) is 27.6. The molecule has 2 aromatic rings. The van der Waals surface area contributed by atoms with E-state index in [-0.39, 0.29) is 29.0 Å². The molecule has 1 aliphatic heterocycles. The molecule has 11 nitrogen and oxygen atoms in total. The highest BCUT2D eigenvalue weighted by atomic mass is 35.5. The molecule has 1 aliphatic rings. The van der Waals surface area contributed by atoms with Crippen LogP contribution < -0.4 is 15.4 Å². The fourth-order valence-electron chi connectivity index (χ4n) is 3.74. The Morgan fingerprint density at radius 1 is 1.16 bits per heavy atom. The molecule has 0 aliphatic carbocycles. The number of hydrogen-bond donors (Lipinski definition) is 6. The second-order valence-electron chi connectivity index (χ2n) is 9.27. The van der Waals surface area contributed by atoms with Crippen LogP contribution in [-0.2, 0) is 21.7 Å². The highest BCUT2D eigenvalue weighted by Crippen LogP contribution is 2.35. The Labute approximate surface area is 232 Å². The average Bonchev–Trinajstić information content (AvgIpc) is 2.80. The Morgan fingerprint density at radius 2 is 1.74 bits per heavy atom. The topological polar surface area (TPSA) is 169 Å². The van der Waals surface area contributed by atoms with Crippen LogP contribution in [0.3, 0.4) is 0 Å². The van der Waals surface area contributed by atoms with E-state index in [9.17, 15) is 15.0 Å². The van der Waals surface area contributed by atoms with Crippen LogP contribution in [-0.4, -0.2) is 76.4 Å². The van der Waals surface area contributed by atoms with E-state index in [1.165, 1.54) is 24.6 Å². The van der Waals surface area contributed by atoms with Gasteiger partial charge >= 0.3 is 10.4 Å². The van der Waals surface area contributed by atoms with Gasteiger partial charge in [-0.15, -0.1) is 0 Å². The van der Waals surface area contributed by atoms with Gasteiger partial charge in [0.1, 0.15) is 23.7 Å². The number of hydrogen-bond acceptors (Lipinski definition) is 8. The first-order valence-corrected chi connectivity index (χ1v) is 13.8. The molecule has 0 spiro atoms. The normalized spacial score (nSPS) is 16.2. The van der Waals surface area contributed by atoms with E-state index >= 15 is 0 Å². The Hall–Kier alpha value is -2.16. The molecule has 1 fully saturated rings. The molecule has 0 aromatic heterocycles. The van der Waals surface area contributed by atoms with Crippen LogP contribution >= 0.6 is 23.2 Å². The summed E-state index contributed by atoms with van der Waals surface area (Å²) in [6.45, 7) is 6.23. The predicted octanol–water partition coefficient (Wildman–Crippen LogP) is 3.39. The number of carbonyl (C=O) groups is 1. The van der Waals surface area contributed by atoms with Crippen molar-refractivity contribution in [3.8, 4) is 11.5 Å². The van der Waals surface area contributed by atoms with Crippen LogP contribution in [0.2, 0.25) is 10.0 Å². The van der Waals surface area contributed by atoms with Crippen molar-refractivity contribution in [2.45, 2.75) is 44.9 Å². The number of likely N-dealkylation sites (tertiary alicyclic amines) is 1. The van der Waals surface area contributed by atoms with Gasteiger partial charge in [-0.1, -0.05) is 35.3 Å². The Bertz CT molecular complexity index is 1160. The van der Waals surface area contributed by atoms with Crippen molar-refractivity contribution in [2.75, 3.05) is 31.6 Å². The number of benzene rings is 2. The number of piperidine rings is 1. The van der Waals surface area contributed by atoms with E-state index in [1.54, 1.807) is 6.92 Å². The third-order valence-electron chi connectivity index (χ3n) is 5.58. The first-order valence-electron chi connectivity index (χ1n) is 11.7. The number of ether oxygens (including phenoxy) is 1. The number of phenols is 1. The summed E-state index contributed by atoms with van der Waals surface area (Å²) < 4.78 is 37.3. The van der Waals surface area contributed by atoms with Gasteiger partial charge in [0.15, 0.2) is 0 Å². The van der Waals surface area contributed by atoms with Crippen molar-refractivity contribution in [1.82, 2.24) is 10.2 Å². The molecule has 212 valence electrons. The van der Waals surface area contributed by atoms with E-state index < -0.39 is 16.0 Å². The number of phenolic OH excluding ortho intramolecular Hbond substituents is 1. The zero-order chi connectivity index (χ0) is 28.5. The van der Waals surface area contributed by atoms with Gasteiger partial charge in [0.2, 0.25) is 5.91 Å². The highest BCUT2D eigenvalue weighted by Gasteiger charge is 2.26. The van der Waals surface area contributed by atoms with Gasteiger partial charge in [-0.05, 0) is 56.6 Å². The summed E-state index contributed by atoms with van der Waals surface area (Å²) in [7, 11) is -4.67. The van der Waals surface area contributed by atoms with Gasteiger partial charge in [0, 0.05) is 37.1 Å².